The minimum Gasteiger partial charge on any atom is -0.480 e. The second kappa shape index (κ2) is 5.54. The number of nitrogens with one attached hydrogen (secondary N) is 1. The van der Waals surface area contributed by atoms with Crippen LogP contribution in [0.15, 0.2) is 18.2 Å². The summed E-state index contributed by atoms with van der Waals surface area (Å²) in [5.41, 5.74) is 0.660. The molecule has 1 atom stereocenters. The molecular formula is C12H12ClFN2O3. The molecule has 1 aromatic carbocycles. The van der Waals surface area contributed by atoms with Crippen LogP contribution in [0.2, 0.25) is 5.02 Å². The lowest BCUT2D eigenvalue weighted by Gasteiger charge is -2.32. The van der Waals surface area contributed by atoms with E-state index in [2.05, 4.69) is 5.32 Å². The van der Waals surface area contributed by atoms with Crippen molar-refractivity contribution in [2.45, 2.75) is 12.6 Å². The molecule has 0 saturated carbocycles. The summed E-state index contributed by atoms with van der Waals surface area (Å²) in [6.07, 6.45) is 0. The third-order valence-electron chi connectivity index (χ3n) is 2.93. The van der Waals surface area contributed by atoms with Crippen LogP contribution < -0.4 is 5.32 Å². The molecule has 0 bridgehead atoms. The molecule has 1 aliphatic heterocycles. The average molecular weight is 287 g/mol. The number of aliphatic carboxylic acids is 1. The second-order valence-corrected chi connectivity index (χ2v) is 4.72. The highest BCUT2D eigenvalue weighted by Crippen LogP contribution is 2.18. The largest absolute Gasteiger partial charge is 0.480 e. The first kappa shape index (κ1) is 13.8. The first-order valence-corrected chi connectivity index (χ1v) is 6.02. The van der Waals surface area contributed by atoms with Gasteiger partial charge in [-0.3, -0.25) is 14.5 Å². The van der Waals surface area contributed by atoms with E-state index in [1.54, 1.807) is 0 Å². The Morgan fingerprint density at radius 3 is 2.95 bits per heavy atom. The summed E-state index contributed by atoms with van der Waals surface area (Å²) >= 11 is 5.67. The van der Waals surface area contributed by atoms with Gasteiger partial charge in [-0.05, 0) is 17.7 Å². The summed E-state index contributed by atoms with van der Waals surface area (Å²) in [5, 5.41) is 11.6. The molecule has 19 heavy (non-hydrogen) atoms. The van der Waals surface area contributed by atoms with Crippen LogP contribution in [-0.4, -0.2) is 41.0 Å². The van der Waals surface area contributed by atoms with Gasteiger partial charge in [0.15, 0.2) is 0 Å². The van der Waals surface area contributed by atoms with Crippen molar-refractivity contribution < 1.29 is 19.1 Å². The van der Waals surface area contributed by atoms with Crippen LogP contribution in [-0.2, 0) is 16.1 Å². The fraction of sp³-hybridized carbons (Fsp3) is 0.333. The molecule has 0 aliphatic carbocycles. The number of nitrogens with zero attached hydrogens (tertiary/aromatic N) is 1. The SMILES string of the molecule is O=C1CN(Cc2ccc(F)c(Cl)c2)C(C(=O)O)CN1. The lowest BCUT2D eigenvalue weighted by molar-refractivity contribution is -0.146. The minimum absolute atomic E-state index is 0.00797. The maximum Gasteiger partial charge on any atom is 0.322 e. The zero-order valence-electron chi connectivity index (χ0n) is 9.90. The molecule has 1 fully saturated rings. The third kappa shape index (κ3) is 3.21. The summed E-state index contributed by atoms with van der Waals surface area (Å²) in [4.78, 5) is 23.9. The van der Waals surface area contributed by atoms with E-state index in [1.807, 2.05) is 0 Å². The first-order chi connectivity index (χ1) is 8.97. The molecule has 0 spiro atoms. The fourth-order valence-corrected chi connectivity index (χ4v) is 2.18. The van der Waals surface area contributed by atoms with Crippen molar-refractivity contribution in [2.24, 2.45) is 0 Å². The summed E-state index contributed by atoms with van der Waals surface area (Å²) in [7, 11) is 0. The number of carboxylic acid groups (broad SMARTS) is 1. The van der Waals surface area contributed by atoms with E-state index >= 15 is 0 Å². The van der Waals surface area contributed by atoms with Crippen molar-refractivity contribution in [1.29, 1.82) is 0 Å². The van der Waals surface area contributed by atoms with Crippen LogP contribution in [0, 0.1) is 5.82 Å². The standard InChI is InChI=1S/C12H12ClFN2O3/c13-8-3-7(1-2-9(8)14)5-16-6-11(17)15-4-10(16)12(18)19/h1-3,10H,4-6H2,(H,15,17)(H,18,19). The van der Waals surface area contributed by atoms with Crippen molar-refractivity contribution in [1.82, 2.24) is 10.2 Å². The van der Waals surface area contributed by atoms with Gasteiger partial charge in [0, 0.05) is 13.1 Å². The van der Waals surface area contributed by atoms with E-state index in [1.165, 1.54) is 23.1 Å². The lowest BCUT2D eigenvalue weighted by Crippen LogP contribution is -2.56. The molecule has 5 nitrogen and oxygen atoms in total. The van der Waals surface area contributed by atoms with Crippen molar-refractivity contribution >= 4 is 23.5 Å². The van der Waals surface area contributed by atoms with Crippen LogP contribution in [0.5, 0.6) is 0 Å². The van der Waals surface area contributed by atoms with E-state index in [9.17, 15) is 14.0 Å². The predicted molar refractivity (Wildman–Crippen MR) is 66.3 cm³/mol. The van der Waals surface area contributed by atoms with Crippen LogP contribution in [0.4, 0.5) is 4.39 Å². The van der Waals surface area contributed by atoms with Gasteiger partial charge in [0.05, 0.1) is 11.6 Å². The molecule has 1 unspecified atom stereocenters. The van der Waals surface area contributed by atoms with E-state index in [0.29, 0.717) is 5.56 Å². The highest BCUT2D eigenvalue weighted by molar-refractivity contribution is 6.30. The summed E-state index contributed by atoms with van der Waals surface area (Å²) in [5.74, 6) is -1.77. The van der Waals surface area contributed by atoms with Gasteiger partial charge in [0.2, 0.25) is 5.91 Å². The van der Waals surface area contributed by atoms with E-state index in [4.69, 9.17) is 16.7 Å². The quantitative estimate of drug-likeness (QED) is 0.865. The van der Waals surface area contributed by atoms with Gasteiger partial charge in [0.25, 0.3) is 0 Å². The van der Waals surface area contributed by atoms with Gasteiger partial charge >= 0.3 is 5.97 Å². The number of benzene rings is 1. The molecular weight excluding hydrogens is 275 g/mol. The molecule has 7 heteroatoms. The number of carbonyl (C=O) groups is 2. The highest BCUT2D eigenvalue weighted by atomic mass is 35.5. The smallest absolute Gasteiger partial charge is 0.322 e. The molecule has 2 N–H and O–H groups in total. The number of piperazine rings is 1. The van der Waals surface area contributed by atoms with Gasteiger partial charge < -0.3 is 10.4 Å². The normalized spacial score (nSPS) is 20.1. The zero-order chi connectivity index (χ0) is 14.0. The van der Waals surface area contributed by atoms with E-state index in [0.717, 1.165) is 0 Å². The topological polar surface area (TPSA) is 69.6 Å². The third-order valence-corrected chi connectivity index (χ3v) is 3.22. The Labute approximate surface area is 114 Å². The number of hydrogen-bond donors (Lipinski definition) is 2. The maximum atomic E-state index is 13.0. The number of carboxylic acids is 1. The van der Waals surface area contributed by atoms with Crippen molar-refractivity contribution in [3.05, 3.63) is 34.6 Å². The molecule has 0 radical (unpaired) electrons. The number of amides is 1. The van der Waals surface area contributed by atoms with Gasteiger partial charge in [-0.25, -0.2) is 4.39 Å². The zero-order valence-corrected chi connectivity index (χ0v) is 10.7. The molecule has 1 aromatic rings. The molecule has 102 valence electrons. The summed E-state index contributed by atoms with van der Waals surface area (Å²) < 4.78 is 13.0. The predicted octanol–water partition coefficient (Wildman–Crippen LogP) is 0.864. The van der Waals surface area contributed by atoms with Crippen LogP contribution >= 0.6 is 11.6 Å². The molecule has 1 saturated heterocycles. The summed E-state index contributed by atoms with van der Waals surface area (Å²) in [6, 6.07) is 3.38. The number of rotatable bonds is 3. The highest BCUT2D eigenvalue weighted by Gasteiger charge is 2.31. The Hall–Kier alpha value is -1.66. The van der Waals surface area contributed by atoms with Crippen molar-refractivity contribution in [2.75, 3.05) is 13.1 Å². The molecule has 2 rings (SSSR count). The average Bonchev–Trinajstić information content (AvgIpc) is 2.33. The van der Waals surface area contributed by atoms with Crippen molar-refractivity contribution in [3.8, 4) is 0 Å². The number of halogens is 2. The molecule has 1 aliphatic rings. The Balaban J connectivity index is 2.16. The van der Waals surface area contributed by atoms with Gasteiger partial charge in [-0.1, -0.05) is 17.7 Å². The van der Waals surface area contributed by atoms with Crippen LogP contribution in [0.25, 0.3) is 0 Å². The van der Waals surface area contributed by atoms with E-state index < -0.39 is 17.8 Å². The van der Waals surface area contributed by atoms with Crippen LogP contribution in [0.1, 0.15) is 5.56 Å². The minimum atomic E-state index is -1.01. The van der Waals surface area contributed by atoms with Crippen molar-refractivity contribution in [3.63, 3.8) is 0 Å². The Morgan fingerprint density at radius 2 is 2.32 bits per heavy atom. The second-order valence-electron chi connectivity index (χ2n) is 4.31. The van der Waals surface area contributed by atoms with E-state index in [-0.39, 0.29) is 30.6 Å². The van der Waals surface area contributed by atoms with Gasteiger partial charge in [-0.2, -0.15) is 0 Å². The monoisotopic (exact) mass is 286 g/mol. The number of hydrogen-bond acceptors (Lipinski definition) is 3. The molecule has 1 amide bonds. The number of carbonyl (C=O) groups excluding carboxylic acids is 1. The fourth-order valence-electron chi connectivity index (χ4n) is 1.97. The van der Waals surface area contributed by atoms with Gasteiger partial charge in [0.1, 0.15) is 11.9 Å². The Kier molecular flexibility index (Phi) is 4.01. The lowest BCUT2D eigenvalue weighted by atomic mass is 10.1. The first-order valence-electron chi connectivity index (χ1n) is 5.65. The van der Waals surface area contributed by atoms with Crippen LogP contribution in [0.3, 0.4) is 0 Å². The Bertz CT molecular complexity index is 524. The maximum absolute atomic E-state index is 13.0. The molecule has 0 aromatic heterocycles. The van der Waals surface area contributed by atoms with Gasteiger partial charge in [-0.15, -0.1) is 0 Å². The Morgan fingerprint density at radius 1 is 1.58 bits per heavy atom. The summed E-state index contributed by atoms with van der Waals surface area (Å²) in [6.45, 7) is 0.277. The molecule has 1 heterocycles.